The summed E-state index contributed by atoms with van der Waals surface area (Å²) in [5, 5.41) is 2.83. The third-order valence-electron chi connectivity index (χ3n) is 8.02. The van der Waals surface area contributed by atoms with Crippen molar-refractivity contribution in [3.05, 3.63) is 15.8 Å². The number of rotatable bonds is 8. The van der Waals surface area contributed by atoms with Crippen LogP contribution in [-0.4, -0.2) is 63.3 Å². The van der Waals surface area contributed by atoms with Gasteiger partial charge in [0.15, 0.2) is 6.29 Å². The molecule has 0 bridgehead atoms. The maximum Gasteiger partial charge on any atom is 0.407 e. The van der Waals surface area contributed by atoms with Crippen LogP contribution in [0.1, 0.15) is 87.7 Å². The molecule has 3 heterocycles. The van der Waals surface area contributed by atoms with Gasteiger partial charge in [0.1, 0.15) is 11.0 Å². The first-order valence-corrected chi connectivity index (χ1v) is 15.5. The van der Waals surface area contributed by atoms with Crippen molar-refractivity contribution >= 4 is 35.0 Å². The number of hydrogen-bond donors (Lipinski definition) is 1. The first-order valence-electron chi connectivity index (χ1n) is 14.7. The van der Waals surface area contributed by atoms with E-state index in [0.29, 0.717) is 47.5 Å². The van der Waals surface area contributed by atoms with Crippen molar-refractivity contribution in [1.82, 2.24) is 5.32 Å². The number of ether oxygens (including phenoxy) is 4. The number of carbonyl (C=O) groups excluding carboxylic acids is 3. The Morgan fingerprint density at radius 3 is 2.59 bits per heavy atom. The standard InChI is InChI=1S/C31H44N2O7S/c1-19-7-9-21(10-8-19)27(34)33(24-17-22(11-14-31(3,4)5)41-26(24)28(35)37-6)20(2)12-15-32-30(36)40-25-18-39-29-23(25)13-16-38-29/h17,19-21,23,25,29H,7-10,12-13,15-16,18H2,1-6H3,(H,32,36)/t19-,20-,21-,23-,25-,29+/m0/s1. The number of carbonyl (C=O) groups is 3. The summed E-state index contributed by atoms with van der Waals surface area (Å²) in [6.07, 6.45) is 3.79. The molecule has 226 valence electrons. The summed E-state index contributed by atoms with van der Waals surface area (Å²) in [5.74, 6) is 6.45. The minimum atomic E-state index is -0.511. The van der Waals surface area contributed by atoms with Crippen LogP contribution in [0.4, 0.5) is 10.5 Å². The SMILES string of the molecule is COC(=O)c1sc(C#CC(C)(C)C)cc1N(C(=O)[C@H]1CC[C@H](C)CC1)[C@@H](C)CCNC(=O)O[C@H]1CO[C@H]2OCC[C@H]21. The number of anilines is 1. The molecule has 1 N–H and O–H groups in total. The Balaban J connectivity index is 1.50. The van der Waals surface area contributed by atoms with Gasteiger partial charge in [0.25, 0.3) is 0 Å². The summed E-state index contributed by atoms with van der Waals surface area (Å²) < 4.78 is 21.8. The van der Waals surface area contributed by atoms with Crippen LogP contribution in [0.3, 0.4) is 0 Å². The summed E-state index contributed by atoms with van der Waals surface area (Å²) in [7, 11) is 1.34. The number of hydrogen-bond acceptors (Lipinski definition) is 8. The van der Waals surface area contributed by atoms with Gasteiger partial charge < -0.3 is 29.2 Å². The van der Waals surface area contributed by atoms with Crippen molar-refractivity contribution in [2.75, 3.05) is 31.8 Å². The average molecular weight is 589 g/mol. The smallest absolute Gasteiger partial charge is 0.407 e. The van der Waals surface area contributed by atoms with Crippen molar-refractivity contribution < 1.29 is 33.3 Å². The molecule has 1 aliphatic carbocycles. The van der Waals surface area contributed by atoms with Gasteiger partial charge in [0.2, 0.25) is 5.91 Å². The molecule has 1 aromatic rings. The second kappa shape index (κ2) is 13.6. The van der Waals surface area contributed by atoms with E-state index in [1.807, 2.05) is 33.8 Å². The van der Waals surface area contributed by atoms with Crippen LogP contribution < -0.4 is 10.2 Å². The normalized spacial score (nSPS) is 26.3. The molecule has 3 aliphatic rings. The van der Waals surface area contributed by atoms with Gasteiger partial charge in [0, 0.05) is 23.9 Å². The Morgan fingerprint density at radius 2 is 1.90 bits per heavy atom. The molecular weight excluding hydrogens is 544 g/mol. The Kier molecular flexibility index (Phi) is 10.4. The maximum absolute atomic E-state index is 14.1. The van der Waals surface area contributed by atoms with Crippen LogP contribution in [0.15, 0.2) is 6.07 Å². The highest BCUT2D eigenvalue weighted by molar-refractivity contribution is 7.15. The van der Waals surface area contributed by atoms with Gasteiger partial charge in [-0.25, -0.2) is 9.59 Å². The molecule has 3 fully saturated rings. The molecule has 1 aromatic heterocycles. The average Bonchev–Trinajstić information content (AvgIpc) is 3.65. The number of fused-ring (bicyclic) bond motifs is 1. The summed E-state index contributed by atoms with van der Waals surface area (Å²) >= 11 is 1.24. The molecule has 0 unspecified atom stereocenters. The quantitative estimate of drug-likeness (QED) is 0.322. The summed E-state index contributed by atoms with van der Waals surface area (Å²) in [4.78, 5) is 42.3. The van der Waals surface area contributed by atoms with Gasteiger partial charge in [-0.3, -0.25) is 4.79 Å². The maximum atomic E-state index is 14.1. The lowest BCUT2D eigenvalue weighted by atomic mass is 9.82. The highest BCUT2D eigenvalue weighted by Crippen LogP contribution is 2.37. The highest BCUT2D eigenvalue weighted by Gasteiger charge is 2.44. The third-order valence-corrected chi connectivity index (χ3v) is 9.04. The fourth-order valence-corrected chi connectivity index (χ4v) is 6.55. The van der Waals surface area contributed by atoms with E-state index in [9.17, 15) is 14.4 Å². The molecule has 4 rings (SSSR count). The van der Waals surface area contributed by atoms with Crippen molar-refractivity contribution in [3.63, 3.8) is 0 Å². The van der Waals surface area contributed by atoms with E-state index in [1.165, 1.54) is 18.4 Å². The zero-order valence-corrected chi connectivity index (χ0v) is 25.9. The predicted octanol–water partition coefficient (Wildman–Crippen LogP) is 5.36. The summed E-state index contributed by atoms with van der Waals surface area (Å²) in [5.41, 5.74) is 0.308. The van der Waals surface area contributed by atoms with Crippen molar-refractivity contribution in [3.8, 4) is 11.8 Å². The number of amides is 2. The van der Waals surface area contributed by atoms with E-state index in [1.54, 1.807) is 4.90 Å². The highest BCUT2D eigenvalue weighted by atomic mass is 32.1. The van der Waals surface area contributed by atoms with E-state index < -0.39 is 12.1 Å². The zero-order valence-electron chi connectivity index (χ0n) is 25.1. The van der Waals surface area contributed by atoms with Crippen molar-refractivity contribution in [1.29, 1.82) is 0 Å². The van der Waals surface area contributed by atoms with E-state index >= 15 is 0 Å². The minimum absolute atomic E-state index is 0.000592. The number of nitrogens with one attached hydrogen (secondary N) is 1. The molecule has 10 heteroatoms. The molecule has 9 nitrogen and oxygen atoms in total. The third kappa shape index (κ3) is 8.02. The van der Waals surface area contributed by atoms with E-state index in [-0.39, 0.29) is 41.6 Å². The second-order valence-corrected chi connectivity index (χ2v) is 13.6. The van der Waals surface area contributed by atoms with Crippen molar-refractivity contribution in [2.45, 2.75) is 91.6 Å². The first kappa shape index (κ1) is 31.3. The molecule has 4 atom stereocenters. The molecule has 2 amide bonds. The van der Waals surface area contributed by atoms with Crippen LogP contribution in [0.5, 0.6) is 0 Å². The minimum Gasteiger partial charge on any atom is -0.465 e. The van der Waals surface area contributed by atoms with Crippen LogP contribution >= 0.6 is 11.3 Å². The molecule has 41 heavy (non-hydrogen) atoms. The van der Waals surface area contributed by atoms with Gasteiger partial charge in [-0.2, -0.15) is 0 Å². The van der Waals surface area contributed by atoms with Crippen molar-refractivity contribution in [2.24, 2.45) is 23.2 Å². The van der Waals surface area contributed by atoms with Crippen LogP contribution in [-0.2, 0) is 23.7 Å². The first-order chi connectivity index (χ1) is 19.5. The van der Waals surface area contributed by atoms with Gasteiger partial charge in [-0.15, -0.1) is 11.3 Å². The summed E-state index contributed by atoms with van der Waals surface area (Å²) in [6, 6.07) is 1.53. The molecule has 2 saturated heterocycles. The lowest BCUT2D eigenvalue weighted by Gasteiger charge is -2.35. The van der Waals surface area contributed by atoms with E-state index in [2.05, 4.69) is 24.1 Å². The van der Waals surface area contributed by atoms with E-state index in [4.69, 9.17) is 18.9 Å². The van der Waals surface area contributed by atoms with Crippen LogP contribution in [0.2, 0.25) is 0 Å². The number of nitrogens with zero attached hydrogens (tertiary/aromatic N) is 1. The monoisotopic (exact) mass is 588 g/mol. The lowest BCUT2D eigenvalue weighted by Crippen LogP contribution is -2.45. The second-order valence-electron chi connectivity index (χ2n) is 12.5. The van der Waals surface area contributed by atoms with Gasteiger partial charge in [-0.1, -0.05) is 18.8 Å². The van der Waals surface area contributed by atoms with Gasteiger partial charge in [-0.05, 0) is 78.2 Å². The largest absolute Gasteiger partial charge is 0.465 e. The number of thiophene rings is 1. The molecule has 0 radical (unpaired) electrons. The number of esters is 1. The Morgan fingerprint density at radius 1 is 1.17 bits per heavy atom. The zero-order chi connectivity index (χ0) is 29.7. The predicted molar refractivity (Wildman–Crippen MR) is 157 cm³/mol. The van der Waals surface area contributed by atoms with Gasteiger partial charge in [0.05, 0.1) is 36.8 Å². The Hall–Kier alpha value is -2.61. The lowest BCUT2D eigenvalue weighted by molar-refractivity contribution is -0.124. The molecular formula is C31H44N2O7S. The molecule has 0 aromatic carbocycles. The summed E-state index contributed by atoms with van der Waals surface area (Å²) in [6.45, 7) is 11.5. The fraction of sp³-hybridized carbons (Fsp3) is 0.710. The molecule has 0 spiro atoms. The molecule has 2 aliphatic heterocycles. The van der Waals surface area contributed by atoms with Crippen LogP contribution in [0, 0.1) is 35.0 Å². The molecule has 1 saturated carbocycles. The fourth-order valence-electron chi connectivity index (χ4n) is 5.63. The number of alkyl carbamates (subject to hydrolysis) is 1. The Bertz CT molecular complexity index is 1160. The number of methoxy groups -OCH3 is 1. The Labute approximate surface area is 247 Å². The van der Waals surface area contributed by atoms with E-state index in [0.717, 1.165) is 32.1 Å². The van der Waals surface area contributed by atoms with Crippen LogP contribution in [0.25, 0.3) is 0 Å². The topological polar surface area (TPSA) is 103 Å². The van der Waals surface area contributed by atoms with Gasteiger partial charge >= 0.3 is 12.1 Å².